The highest BCUT2D eigenvalue weighted by Gasteiger charge is 2.15. The van der Waals surface area contributed by atoms with Gasteiger partial charge in [-0.3, -0.25) is 4.79 Å². The molecular weight excluding hydrogens is 363 g/mol. The molecule has 1 amide bonds. The molecule has 7 heteroatoms. The lowest BCUT2D eigenvalue weighted by Crippen LogP contribution is -2.26. The van der Waals surface area contributed by atoms with Crippen molar-refractivity contribution >= 4 is 21.8 Å². The second kappa shape index (κ2) is 7.21. The summed E-state index contributed by atoms with van der Waals surface area (Å²) in [7, 11) is 0. The number of hydrogen-bond acceptors (Lipinski definition) is 3. The Hall–Kier alpha value is -1.76. The number of nitrogens with one attached hydrogen (secondary N) is 1. The molecule has 0 bridgehead atoms. The summed E-state index contributed by atoms with van der Waals surface area (Å²) in [6.07, 6.45) is 5.10. The van der Waals surface area contributed by atoms with Crippen molar-refractivity contribution in [1.29, 1.82) is 0 Å². The minimum atomic E-state index is -0.438. The number of amides is 1. The number of hydrogen-bond donors (Lipinski definition) is 1. The predicted molar refractivity (Wildman–Crippen MR) is 87.7 cm³/mol. The maximum Gasteiger partial charge on any atom is 0.251 e. The first kappa shape index (κ1) is 16.1. The Kier molecular flexibility index (Phi) is 5.05. The topological polar surface area (TPSA) is 59.8 Å². The molecule has 0 fully saturated rings. The molecule has 0 aliphatic carbocycles. The summed E-state index contributed by atoms with van der Waals surface area (Å²) in [5.41, 5.74) is 0.303. The van der Waals surface area contributed by atoms with Gasteiger partial charge in [0.1, 0.15) is 17.5 Å². The lowest BCUT2D eigenvalue weighted by molar-refractivity contribution is 0.0953. The number of fused-ring (bicyclic) bond motifs is 1. The first-order valence-electron chi connectivity index (χ1n) is 7.79. The zero-order valence-corrected chi connectivity index (χ0v) is 14.3. The summed E-state index contributed by atoms with van der Waals surface area (Å²) >= 11 is 3.19. The van der Waals surface area contributed by atoms with Crippen LogP contribution in [0.25, 0.3) is 0 Å². The van der Waals surface area contributed by atoms with Gasteiger partial charge in [0.15, 0.2) is 0 Å². The summed E-state index contributed by atoms with van der Waals surface area (Å²) in [4.78, 5) is 12.1. The van der Waals surface area contributed by atoms with Crippen LogP contribution in [0.4, 0.5) is 4.39 Å². The lowest BCUT2D eigenvalue weighted by Gasteiger charge is -2.08. The fourth-order valence-electron chi connectivity index (χ4n) is 2.81. The summed E-state index contributed by atoms with van der Waals surface area (Å²) in [5, 5.41) is 11.3. The van der Waals surface area contributed by atoms with E-state index in [9.17, 15) is 9.18 Å². The standard InChI is InChI=1S/C16H18BrFN4O/c17-12-8-11(9-13(18)10-12)16(23)19-6-5-15-21-20-14-4-2-1-3-7-22(14)15/h8-10H,1-7H2,(H,19,23). The van der Waals surface area contributed by atoms with Crippen molar-refractivity contribution < 1.29 is 9.18 Å². The van der Waals surface area contributed by atoms with Gasteiger partial charge in [-0.15, -0.1) is 10.2 Å². The largest absolute Gasteiger partial charge is 0.352 e. The van der Waals surface area contributed by atoms with Crippen LogP contribution in [0.3, 0.4) is 0 Å². The third-order valence-electron chi connectivity index (χ3n) is 3.95. The van der Waals surface area contributed by atoms with Crippen LogP contribution < -0.4 is 5.32 Å². The third kappa shape index (κ3) is 3.96. The van der Waals surface area contributed by atoms with E-state index in [0.717, 1.165) is 37.5 Å². The first-order valence-corrected chi connectivity index (χ1v) is 8.58. The SMILES string of the molecule is O=C(NCCc1nnc2n1CCCCC2)c1cc(F)cc(Br)c1. The maximum atomic E-state index is 13.3. The van der Waals surface area contributed by atoms with Crippen LogP contribution in [0.1, 0.15) is 41.3 Å². The average molecular weight is 381 g/mol. The number of aryl methyl sites for hydroxylation is 1. The highest BCUT2D eigenvalue weighted by Crippen LogP contribution is 2.16. The van der Waals surface area contributed by atoms with Crippen molar-refractivity contribution in [3.8, 4) is 0 Å². The smallest absolute Gasteiger partial charge is 0.251 e. The molecule has 23 heavy (non-hydrogen) atoms. The number of rotatable bonds is 4. The molecule has 0 radical (unpaired) electrons. The Labute approximate surface area is 142 Å². The Bertz CT molecular complexity index is 696. The summed E-state index contributed by atoms with van der Waals surface area (Å²) in [6, 6.07) is 4.15. The Morgan fingerprint density at radius 2 is 2.13 bits per heavy atom. The second-order valence-electron chi connectivity index (χ2n) is 5.66. The molecule has 1 aliphatic heterocycles. The Morgan fingerprint density at radius 1 is 1.26 bits per heavy atom. The molecule has 0 saturated heterocycles. The van der Waals surface area contributed by atoms with E-state index >= 15 is 0 Å². The van der Waals surface area contributed by atoms with Gasteiger partial charge < -0.3 is 9.88 Å². The molecular formula is C16H18BrFN4O. The number of nitrogens with zero attached hydrogens (tertiary/aromatic N) is 3. The lowest BCUT2D eigenvalue weighted by atomic mass is 10.2. The second-order valence-corrected chi connectivity index (χ2v) is 6.57. The van der Waals surface area contributed by atoms with Gasteiger partial charge in [0.05, 0.1) is 0 Å². The van der Waals surface area contributed by atoms with E-state index in [4.69, 9.17) is 0 Å². The summed E-state index contributed by atoms with van der Waals surface area (Å²) < 4.78 is 16.0. The molecule has 1 aliphatic rings. The third-order valence-corrected chi connectivity index (χ3v) is 4.40. The molecule has 2 aromatic rings. The summed E-state index contributed by atoms with van der Waals surface area (Å²) in [6.45, 7) is 1.40. The van der Waals surface area contributed by atoms with Crippen LogP contribution in [0.5, 0.6) is 0 Å². The summed E-state index contributed by atoms with van der Waals surface area (Å²) in [5.74, 6) is 1.22. The van der Waals surface area contributed by atoms with Gasteiger partial charge in [-0.05, 0) is 31.0 Å². The van der Waals surface area contributed by atoms with E-state index in [0.29, 0.717) is 23.0 Å². The van der Waals surface area contributed by atoms with Crippen LogP contribution >= 0.6 is 15.9 Å². The average Bonchev–Trinajstić information content (AvgIpc) is 2.74. The molecule has 3 rings (SSSR count). The van der Waals surface area contributed by atoms with E-state index in [1.807, 2.05) is 0 Å². The molecule has 0 saturated carbocycles. The van der Waals surface area contributed by atoms with Gasteiger partial charge in [0.2, 0.25) is 0 Å². The van der Waals surface area contributed by atoms with Crippen molar-refractivity contribution in [3.05, 3.63) is 45.7 Å². The van der Waals surface area contributed by atoms with Crippen LogP contribution in [-0.2, 0) is 19.4 Å². The first-order chi connectivity index (χ1) is 11.1. The van der Waals surface area contributed by atoms with Crippen molar-refractivity contribution in [2.45, 2.75) is 38.6 Å². The maximum absolute atomic E-state index is 13.3. The number of benzene rings is 1. The molecule has 1 aromatic carbocycles. The molecule has 1 N–H and O–H groups in total. The van der Waals surface area contributed by atoms with E-state index in [2.05, 4.69) is 36.0 Å². The quantitative estimate of drug-likeness (QED) is 0.886. The van der Waals surface area contributed by atoms with Gasteiger partial charge in [-0.1, -0.05) is 22.4 Å². The van der Waals surface area contributed by atoms with Crippen LogP contribution in [0.2, 0.25) is 0 Å². The van der Waals surface area contributed by atoms with Crippen LogP contribution in [0.15, 0.2) is 22.7 Å². The van der Waals surface area contributed by atoms with Crippen molar-refractivity contribution in [2.24, 2.45) is 0 Å². The fraction of sp³-hybridized carbons (Fsp3) is 0.438. The molecule has 1 aromatic heterocycles. The van der Waals surface area contributed by atoms with Crippen molar-refractivity contribution in [2.75, 3.05) is 6.54 Å². The minimum absolute atomic E-state index is 0.291. The van der Waals surface area contributed by atoms with E-state index < -0.39 is 5.82 Å². The van der Waals surface area contributed by atoms with Gasteiger partial charge in [-0.2, -0.15) is 0 Å². The number of carbonyl (C=O) groups excluding carboxylic acids is 1. The molecule has 0 spiro atoms. The number of halogens is 2. The minimum Gasteiger partial charge on any atom is -0.352 e. The van der Waals surface area contributed by atoms with E-state index in [1.54, 1.807) is 6.07 Å². The molecule has 0 unspecified atom stereocenters. The molecule has 5 nitrogen and oxygen atoms in total. The number of carbonyl (C=O) groups is 1. The Balaban J connectivity index is 1.59. The van der Waals surface area contributed by atoms with Gasteiger partial charge in [0, 0.05) is 36.0 Å². The highest BCUT2D eigenvalue weighted by atomic mass is 79.9. The molecule has 2 heterocycles. The van der Waals surface area contributed by atoms with Crippen molar-refractivity contribution in [3.63, 3.8) is 0 Å². The predicted octanol–water partition coefficient (Wildman–Crippen LogP) is 2.88. The number of aromatic nitrogens is 3. The Morgan fingerprint density at radius 3 is 2.96 bits per heavy atom. The van der Waals surface area contributed by atoms with Crippen LogP contribution in [-0.4, -0.2) is 27.2 Å². The normalized spacial score (nSPS) is 14.2. The monoisotopic (exact) mass is 380 g/mol. The van der Waals surface area contributed by atoms with Crippen molar-refractivity contribution in [1.82, 2.24) is 20.1 Å². The molecule has 122 valence electrons. The zero-order valence-electron chi connectivity index (χ0n) is 12.7. The zero-order chi connectivity index (χ0) is 16.2. The van der Waals surface area contributed by atoms with Gasteiger partial charge >= 0.3 is 0 Å². The van der Waals surface area contributed by atoms with Gasteiger partial charge in [-0.25, -0.2) is 4.39 Å². The highest BCUT2D eigenvalue weighted by molar-refractivity contribution is 9.10. The van der Waals surface area contributed by atoms with Gasteiger partial charge in [0.25, 0.3) is 5.91 Å². The van der Waals surface area contributed by atoms with E-state index in [1.165, 1.54) is 18.6 Å². The van der Waals surface area contributed by atoms with E-state index in [-0.39, 0.29) is 5.91 Å². The fourth-order valence-corrected chi connectivity index (χ4v) is 3.27. The van der Waals surface area contributed by atoms with Crippen LogP contribution in [0, 0.1) is 5.82 Å². The molecule has 0 atom stereocenters.